The molecule has 3 nitrogen and oxygen atoms in total. The molecule has 1 aliphatic rings. The molecule has 2 N–H and O–H groups in total. The van der Waals surface area contributed by atoms with E-state index in [1.165, 1.54) is 5.56 Å². The van der Waals surface area contributed by atoms with Crippen LogP contribution < -0.4 is 5.32 Å². The number of carbonyl (C=O) groups excluding carboxylic acids is 1. The lowest BCUT2D eigenvalue weighted by molar-refractivity contribution is -0.139. The van der Waals surface area contributed by atoms with Gasteiger partial charge in [0.2, 0.25) is 0 Å². The molecule has 24 heavy (non-hydrogen) atoms. The summed E-state index contributed by atoms with van der Waals surface area (Å²) in [6, 6.07) is 9.78. The lowest BCUT2D eigenvalue weighted by Crippen LogP contribution is -2.31. The summed E-state index contributed by atoms with van der Waals surface area (Å²) >= 11 is 0. The number of benzene rings is 1. The molecule has 1 fully saturated rings. The lowest BCUT2D eigenvalue weighted by atomic mass is 9.92. The van der Waals surface area contributed by atoms with Gasteiger partial charge in [-0.15, -0.1) is 0 Å². The van der Waals surface area contributed by atoms with Crippen molar-refractivity contribution < 1.29 is 18.7 Å². The third-order valence-corrected chi connectivity index (χ3v) is 4.86. The molecular formula is C19H27F2NO2. The average molecular weight is 339 g/mol. The molecular weight excluding hydrogens is 312 g/mol. The van der Waals surface area contributed by atoms with E-state index in [-0.39, 0.29) is 5.92 Å². The van der Waals surface area contributed by atoms with Crippen molar-refractivity contribution in [1.29, 1.82) is 0 Å². The SMILES string of the molecule is C[C@@H](CCCCc1ccccc1)[C@H](O)CC[C@H]1CC(F)(F)C(=O)N1. The van der Waals surface area contributed by atoms with Gasteiger partial charge in [0.25, 0.3) is 5.91 Å². The highest BCUT2D eigenvalue weighted by Crippen LogP contribution is 2.29. The van der Waals surface area contributed by atoms with Crippen molar-refractivity contribution in [1.82, 2.24) is 5.32 Å². The van der Waals surface area contributed by atoms with Crippen molar-refractivity contribution >= 4 is 5.91 Å². The molecule has 1 aromatic rings. The number of unbranched alkanes of at least 4 members (excludes halogenated alkanes) is 1. The summed E-state index contributed by atoms with van der Waals surface area (Å²) in [5.74, 6) is -4.30. The summed E-state index contributed by atoms with van der Waals surface area (Å²) in [6.45, 7) is 2.00. The van der Waals surface area contributed by atoms with Crippen molar-refractivity contribution in [3.8, 4) is 0 Å². The standard InChI is InChI=1S/C19H27F2NO2/c1-14(7-5-6-10-15-8-3-2-4-9-15)17(23)12-11-16-13-19(20,21)18(24)22-16/h2-4,8-9,14,16-17,23H,5-7,10-13H2,1H3,(H,22,24)/t14-,16-,17+/m0/s1. The third-order valence-electron chi connectivity index (χ3n) is 4.86. The molecule has 0 unspecified atom stereocenters. The minimum absolute atomic E-state index is 0.137. The van der Waals surface area contributed by atoms with Gasteiger partial charge in [0, 0.05) is 12.5 Å². The number of rotatable bonds is 9. The third kappa shape index (κ3) is 5.55. The summed E-state index contributed by atoms with van der Waals surface area (Å²) in [4.78, 5) is 11.1. The predicted octanol–water partition coefficient (Wildman–Crippen LogP) is 3.70. The average Bonchev–Trinajstić information content (AvgIpc) is 2.82. The smallest absolute Gasteiger partial charge is 0.326 e. The van der Waals surface area contributed by atoms with Crippen molar-refractivity contribution in [2.45, 2.75) is 69.9 Å². The Morgan fingerprint density at radius 2 is 1.96 bits per heavy atom. The molecule has 2 rings (SSSR count). The molecule has 5 heteroatoms. The molecule has 0 saturated carbocycles. The van der Waals surface area contributed by atoms with Crippen LogP contribution in [0.4, 0.5) is 8.78 Å². The maximum absolute atomic E-state index is 13.1. The lowest BCUT2D eigenvalue weighted by Gasteiger charge is -2.20. The van der Waals surface area contributed by atoms with Crippen LogP contribution in [-0.4, -0.2) is 29.1 Å². The molecule has 0 bridgehead atoms. The summed E-state index contributed by atoms with van der Waals surface area (Å²) in [7, 11) is 0. The molecule has 3 atom stereocenters. The van der Waals surface area contributed by atoms with E-state index in [1.54, 1.807) is 0 Å². The Labute approximate surface area is 142 Å². The molecule has 1 aliphatic heterocycles. The van der Waals surface area contributed by atoms with Crippen LogP contribution in [0.3, 0.4) is 0 Å². The highest BCUT2D eigenvalue weighted by Gasteiger charge is 2.47. The highest BCUT2D eigenvalue weighted by atomic mass is 19.3. The van der Waals surface area contributed by atoms with E-state index in [0.717, 1.165) is 25.7 Å². The number of aliphatic hydroxyl groups is 1. The Bertz CT molecular complexity index is 521. The fraction of sp³-hybridized carbons (Fsp3) is 0.632. The van der Waals surface area contributed by atoms with Crippen LogP contribution in [0.5, 0.6) is 0 Å². The van der Waals surface area contributed by atoms with Crippen molar-refractivity contribution in [3.63, 3.8) is 0 Å². The zero-order valence-corrected chi connectivity index (χ0v) is 14.2. The van der Waals surface area contributed by atoms with Crippen LogP contribution in [-0.2, 0) is 11.2 Å². The summed E-state index contributed by atoms with van der Waals surface area (Å²) in [6.07, 6.45) is 3.94. The predicted molar refractivity (Wildman–Crippen MR) is 89.9 cm³/mol. The van der Waals surface area contributed by atoms with Gasteiger partial charge in [0.05, 0.1) is 6.10 Å². The number of aliphatic hydroxyl groups excluding tert-OH is 1. The van der Waals surface area contributed by atoms with Gasteiger partial charge in [0.1, 0.15) is 0 Å². The summed E-state index contributed by atoms with van der Waals surface area (Å²) in [5.41, 5.74) is 1.32. The Hall–Kier alpha value is -1.49. The van der Waals surface area contributed by atoms with E-state index in [2.05, 4.69) is 17.4 Å². The second kappa shape index (κ2) is 8.56. The van der Waals surface area contributed by atoms with Gasteiger partial charge in [-0.1, -0.05) is 43.7 Å². The van der Waals surface area contributed by atoms with Crippen LogP contribution in [0, 0.1) is 5.92 Å². The number of carbonyl (C=O) groups is 1. The topological polar surface area (TPSA) is 49.3 Å². The van der Waals surface area contributed by atoms with E-state index in [9.17, 15) is 18.7 Å². The van der Waals surface area contributed by atoms with Gasteiger partial charge in [-0.25, -0.2) is 0 Å². The molecule has 134 valence electrons. The largest absolute Gasteiger partial charge is 0.393 e. The maximum atomic E-state index is 13.1. The first-order valence-electron chi connectivity index (χ1n) is 8.79. The first-order valence-corrected chi connectivity index (χ1v) is 8.79. The number of hydrogen-bond acceptors (Lipinski definition) is 2. The van der Waals surface area contributed by atoms with Gasteiger partial charge in [-0.05, 0) is 43.6 Å². The molecule has 1 saturated heterocycles. The van der Waals surface area contributed by atoms with Gasteiger partial charge < -0.3 is 10.4 Å². The zero-order chi connectivity index (χ0) is 17.6. The number of aryl methyl sites for hydroxylation is 1. The van der Waals surface area contributed by atoms with Gasteiger partial charge in [0.15, 0.2) is 0 Å². The van der Waals surface area contributed by atoms with E-state index in [1.807, 2.05) is 25.1 Å². The normalized spacial score (nSPS) is 22.2. The zero-order valence-electron chi connectivity index (χ0n) is 14.2. The van der Waals surface area contributed by atoms with Crippen molar-refractivity contribution in [3.05, 3.63) is 35.9 Å². The second-order valence-corrected chi connectivity index (χ2v) is 6.93. The minimum Gasteiger partial charge on any atom is -0.393 e. The second-order valence-electron chi connectivity index (χ2n) is 6.93. The molecule has 1 amide bonds. The molecule has 1 aromatic carbocycles. The Morgan fingerprint density at radius 1 is 1.25 bits per heavy atom. The number of alkyl halides is 2. The maximum Gasteiger partial charge on any atom is 0.326 e. The monoisotopic (exact) mass is 339 g/mol. The van der Waals surface area contributed by atoms with Gasteiger partial charge in [-0.2, -0.15) is 8.78 Å². The van der Waals surface area contributed by atoms with Crippen LogP contribution in [0.15, 0.2) is 30.3 Å². The number of amides is 1. The summed E-state index contributed by atoms with van der Waals surface area (Å²) in [5, 5.41) is 12.5. The van der Waals surface area contributed by atoms with Crippen LogP contribution in [0.2, 0.25) is 0 Å². The van der Waals surface area contributed by atoms with Crippen molar-refractivity contribution in [2.75, 3.05) is 0 Å². The number of hydrogen-bond donors (Lipinski definition) is 2. The van der Waals surface area contributed by atoms with Crippen molar-refractivity contribution in [2.24, 2.45) is 5.92 Å². The molecule has 0 aliphatic carbocycles. The van der Waals surface area contributed by atoms with Gasteiger partial charge >= 0.3 is 5.92 Å². The first kappa shape index (κ1) is 18.8. The van der Waals surface area contributed by atoms with E-state index < -0.39 is 30.4 Å². The number of nitrogens with one attached hydrogen (secondary N) is 1. The molecule has 0 radical (unpaired) electrons. The van der Waals surface area contributed by atoms with E-state index in [0.29, 0.717) is 12.8 Å². The Balaban J connectivity index is 1.60. The molecule has 1 heterocycles. The highest BCUT2D eigenvalue weighted by molar-refractivity contribution is 5.85. The fourth-order valence-electron chi connectivity index (χ4n) is 3.21. The quantitative estimate of drug-likeness (QED) is 0.674. The first-order chi connectivity index (χ1) is 11.4. The Kier molecular flexibility index (Phi) is 6.72. The Morgan fingerprint density at radius 3 is 2.58 bits per heavy atom. The van der Waals surface area contributed by atoms with Crippen LogP contribution in [0.1, 0.15) is 51.0 Å². The minimum atomic E-state index is -3.25. The summed E-state index contributed by atoms with van der Waals surface area (Å²) < 4.78 is 26.3. The fourth-order valence-corrected chi connectivity index (χ4v) is 3.21. The number of halogens is 2. The molecule has 0 spiro atoms. The van der Waals surface area contributed by atoms with Crippen LogP contribution >= 0.6 is 0 Å². The van der Waals surface area contributed by atoms with E-state index in [4.69, 9.17) is 0 Å². The van der Waals surface area contributed by atoms with E-state index >= 15 is 0 Å². The van der Waals surface area contributed by atoms with Gasteiger partial charge in [-0.3, -0.25) is 4.79 Å². The molecule has 0 aromatic heterocycles. The van der Waals surface area contributed by atoms with Crippen LogP contribution in [0.25, 0.3) is 0 Å².